The highest BCUT2D eigenvalue weighted by molar-refractivity contribution is 5.81. The molecule has 2 heterocycles. The fourth-order valence-corrected chi connectivity index (χ4v) is 4.29. The van der Waals surface area contributed by atoms with Crippen LogP contribution >= 0.6 is 0 Å². The molecule has 138 valence electrons. The summed E-state index contributed by atoms with van der Waals surface area (Å²) in [5.74, 6) is 1.79. The van der Waals surface area contributed by atoms with Gasteiger partial charge in [-0.2, -0.15) is 0 Å². The van der Waals surface area contributed by atoms with Gasteiger partial charge in [0, 0.05) is 45.0 Å². The quantitative estimate of drug-likeness (QED) is 0.914. The van der Waals surface area contributed by atoms with Crippen LogP contribution in [0.2, 0.25) is 0 Å². The first-order valence-corrected chi connectivity index (χ1v) is 9.51. The van der Waals surface area contributed by atoms with E-state index < -0.39 is 0 Å². The minimum Gasteiger partial charge on any atom is -0.508 e. The average Bonchev–Trinajstić information content (AvgIpc) is 2.60. The number of carbonyl (C=O) groups is 1. The molecule has 1 amide bonds. The second-order valence-corrected chi connectivity index (χ2v) is 7.90. The molecule has 3 unspecified atom stereocenters. The van der Waals surface area contributed by atoms with Gasteiger partial charge in [-0.05, 0) is 49.4 Å². The minimum absolute atomic E-state index is 0.0422. The van der Waals surface area contributed by atoms with Crippen LogP contribution in [0.15, 0.2) is 24.3 Å². The molecule has 1 N–H and O–H groups in total. The molecule has 2 saturated heterocycles. The Bertz CT molecular complexity index is 571. The first-order chi connectivity index (χ1) is 11.9. The SMILES string of the molecule is CC1CC(C)CN(C(=O)C(C)N2CCN(c3ccc(O)cc3)CC2)C1. The molecule has 5 heteroatoms. The highest BCUT2D eigenvalue weighted by Gasteiger charge is 2.32. The maximum Gasteiger partial charge on any atom is 0.239 e. The number of hydrogen-bond donors (Lipinski definition) is 1. The number of phenolic OH excluding ortho intramolecular Hbond substituents is 1. The van der Waals surface area contributed by atoms with Gasteiger partial charge in [-0.3, -0.25) is 9.69 Å². The summed E-state index contributed by atoms with van der Waals surface area (Å²) >= 11 is 0. The number of hydrogen-bond acceptors (Lipinski definition) is 4. The molecule has 0 spiro atoms. The van der Waals surface area contributed by atoms with E-state index in [0.717, 1.165) is 45.0 Å². The second-order valence-electron chi connectivity index (χ2n) is 7.90. The van der Waals surface area contributed by atoms with Crippen LogP contribution in [0.4, 0.5) is 5.69 Å². The topological polar surface area (TPSA) is 47.0 Å². The Balaban J connectivity index is 1.55. The lowest BCUT2D eigenvalue weighted by Gasteiger charge is -2.42. The molecule has 0 aliphatic carbocycles. The van der Waals surface area contributed by atoms with Crippen LogP contribution in [-0.2, 0) is 4.79 Å². The molecule has 5 nitrogen and oxygen atoms in total. The number of likely N-dealkylation sites (tertiary alicyclic amines) is 1. The van der Waals surface area contributed by atoms with Crippen molar-refractivity contribution < 1.29 is 9.90 Å². The van der Waals surface area contributed by atoms with Gasteiger partial charge in [0.1, 0.15) is 5.75 Å². The zero-order valence-electron chi connectivity index (χ0n) is 15.7. The van der Waals surface area contributed by atoms with E-state index in [1.807, 2.05) is 12.1 Å². The summed E-state index contributed by atoms with van der Waals surface area (Å²) in [5, 5.41) is 9.42. The Morgan fingerprint density at radius 1 is 1.04 bits per heavy atom. The normalized spacial score (nSPS) is 26.5. The van der Waals surface area contributed by atoms with E-state index in [-0.39, 0.29) is 11.9 Å². The number of carbonyl (C=O) groups excluding carboxylic acids is 1. The Labute approximate surface area is 151 Å². The van der Waals surface area contributed by atoms with E-state index in [2.05, 4.69) is 35.5 Å². The summed E-state index contributed by atoms with van der Waals surface area (Å²) in [7, 11) is 0. The number of benzene rings is 1. The van der Waals surface area contributed by atoms with Crippen LogP contribution in [0.3, 0.4) is 0 Å². The first kappa shape index (κ1) is 18.1. The van der Waals surface area contributed by atoms with E-state index in [1.165, 1.54) is 6.42 Å². The minimum atomic E-state index is -0.0422. The number of piperazine rings is 1. The summed E-state index contributed by atoms with van der Waals surface area (Å²) in [6.07, 6.45) is 1.23. The highest BCUT2D eigenvalue weighted by atomic mass is 16.3. The summed E-state index contributed by atoms with van der Waals surface area (Å²) in [6.45, 7) is 12.0. The van der Waals surface area contributed by atoms with E-state index >= 15 is 0 Å². The van der Waals surface area contributed by atoms with Crippen molar-refractivity contribution in [1.82, 2.24) is 9.80 Å². The molecule has 0 aromatic heterocycles. The zero-order valence-corrected chi connectivity index (χ0v) is 15.7. The lowest BCUT2D eigenvalue weighted by Crippen LogP contribution is -2.56. The molecule has 2 aliphatic rings. The lowest BCUT2D eigenvalue weighted by atomic mass is 9.91. The fraction of sp³-hybridized carbons (Fsp3) is 0.650. The molecule has 0 saturated carbocycles. The largest absolute Gasteiger partial charge is 0.508 e. The number of aromatic hydroxyl groups is 1. The molecule has 3 atom stereocenters. The van der Waals surface area contributed by atoms with E-state index in [9.17, 15) is 9.90 Å². The van der Waals surface area contributed by atoms with E-state index in [4.69, 9.17) is 0 Å². The Hall–Kier alpha value is -1.75. The molecule has 25 heavy (non-hydrogen) atoms. The average molecular weight is 345 g/mol. The van der Waals surface area contributed by atoms with Gasteiger partial charge in [0.25, 0.3) is 0 Å². The predicted molar refractivity (Wildman–Crippen MR) is 101 cm³/mol. The molecule has 0 bridgehead atoms. The Morgan fingerprint density at radius 2 is 1.60 bits per heavy atom. The Morgan fingerprint density at radius 3 is 2.16 bits per heavy atom. The van der Waals surface area contributed by atoms with Crippen LogP contribution in [0.1, 0.15) is 27.2 Å². The van der Waals surface area contributed by atoms with Crippen LogP contribution < -0.4 is 4.90 Å². The summed E-state index contributed by atoms with van der Waals surface area (Å²) in [6, 6.07) is 7.32. The van der Waals surface area contributed by atoms with Crippen molar-refractivity contribution in [2.45, 2.75) is 33.2 Å². The third kappa shape index (κ3) is 4.27. The van der Waals surface area contributed by atoms with Crippen LogP contribution in [0, 0.1) is 11.8 Å². The van der Waals surface area contributed by atoms with E-state index in [1.54, 1.807) is 12.1 Å². The van der Waals surface area contributed by atoms with Crippen LogP contribution in [-0.4, -0.2) is 66.1 Å². The standard InChI is InChI=1S/C20H31N3O2/c1-15-12-16(2)14-23(13-15)20(25)17(3)21-8-10-22(11-9-21)18-4-6-19(24)7-5-18/h4-7,15-17,24H,8-14H2,1-3H3. The number of nitrogens with zero attached hydrogens (tertiary/aromatic N) is 3. The van der Waals surface area contributed by atoms with Gasteiger partial charge >= 0.3 is 0 Å². The third-order valence-corrected chi connectivity index (χ3v) is 5.61. The van der Waals surface area contributed by atoms with Crippen molar-refractivity contribution in [1.29, 1.82) is 0 Å². The summed E-state index contributed by atoms with van der Waals surface area (Å²) < 4.78 is 0. The molecule has 2 fully saturated rings. The van der Waals surface area contributed by atoms with Gasteiger partial charge in [-0.25, -0.2) is 0 Å². The van der Waals surface area contributed by atoms with Crippen molar-refractivity contribution >= 4 is 11.6 Å². The maximum absolute atomic E-state index is 12.9. The highest BCUT2D eigenvalue weighted by Crippen LogP contribution is 2.23. The smallest absolute Gasteiger partial charge is 0.239 e. The van der Waals surface area contributed by atoms with Gasteiger partial charge in [0.15, 0.2) is 0 Å². The molecular weight excluding hydrogens is 314 g/mol. The predicted octanol–water partition coefficient (Wildman–Crippen LogP) is 2.41. The van der Waals surface area contributed by atoms with Crippen molar-refractivity contribution in [2.75, 3.05) is 44.2 Å². The fourth-order valence-electron chi connectivity index (χ4n) is 4.29. The molecule has 3 rings (SSSR count). The van der Waals surface area contributed by atoms with Gasteiger partial charge in [0.2, 0.25) is 5.91 Å². The van der Waals surface area contributed by atoms with Gasteiger partial charge in [-0.1, -0.05) is 13.8 Å². The lowest BCUT2D eigenvalue weighted by molar-refractivity contribution is -0.139. The number of amides is 1. The van der Waals surface area contributed by atoms with Gasteiger partial charge in [-0.15, -0.1) is 0 Å². The Kier molecular flexibility index (Phi) is 5.52. The van der Waals surface area contributed by atoms with Crippen molar-refractivity contribution in [3.05, 3.63) is 24.3 Å². The van der Waals surface area contributed by atoms with Crippen molar-refractivity contribution in [2.24, 2.45) is 11.8 Å². The van der Waals surface area contributed by atoms with Gasteiger partial charge < -0.3 is 14.9 Å². The van der Waals surface area contributed by atoms with Crippen LogP contribution in [0.25, 0.3) is 0 Å². The number of rotatable bonds is 3. The molecule has 1 aromatic carbocycles. The van der Waals surface area contributed by atoms with E-state index in [0.29, 0.717) is 17.6 Å². The second kappa shape index (κ2) is 7.65. The monoisotopic (exact) mass is 345 g/mol. The maximum atomic E-state index is 12.9. The van der Waals surface area contributed by atoms with Crippen molar-refractivity contribution in [3.8, 4) is 5.75 Å². The first-order valence-electron chi connectivity index (χ1n) is 9.51. The van der Waals surface area contributed by atoms with Crippen molar-refractivity contribution in [3.63, 3.8) is 0 Å². The summed E-state index contributed by atoms with van der Waals surface area (Å²) in [5.41, 5.74) is 1.13. The molecule has 0 radical (unpaired) electrons. The molecular formula is C20H31N3O2. The number of phenols is 1. The summed E-state index contributed by atoms with van der Waals surface area (Å²) in [4.78, 5) is 19.6. The third-order valence-electron chi connectivity index (χ3n) is 5.61. The molecule has 1 aromatic rings. The van der Waals surface area contributed by atoms with Gasteiger partial charge in [0.05, 0.1) is 6.04 Å². The zero-order chi connectivity index (χ0) is 18.0. The number of piperidine rings is 1. The van der Waals surface area contributed by atoms with Crippen LogP contribution in [0.5, 0.6) is 5.75 Å². The molecule has 2 aliphatic heterocycles. The number of anilines is 1.